The van der Waals surface area contributed by atoms with Crippen molar-refractivity contribution in [2.24, 2.45) is 5.10 Å². The van der Waals surface area contributed by atoms with Gasteiger partial charge in [0.25, 0.3) is 5.56 Å². The zero-order chi connectivity index (χ0) is 24.9. The lowest BCUT2D eigenvalue weighted by molar-refractivity contribution is -0.139. The Labute approximate surface area is 213 Å². The number of halogens is 2. The quantitative estimate of drug-likeness (QED) is 0.298. The molecule has 0 saturated heterocycles. The van der Waals surface area contributed by atoms with Gasteiger partial charge in [-0.25, -0.2) is 9.78 Å². The summed E-state index contributed by atoms with van der Waals surface area (Å²) in [6.45, 7) is 1.49. The van der Waals surface area contributed by atoms with Gasteiger partial charge in [-0.2, -0.15) is 9.78 Å². The van der Waals surface area contributed by atoms with E-state index in [0.29, 0.717) is 33.4 Å². The van der Waals surface area contributed by atoms with Gasteiger partial charge in [0.15, 0.2) is 23.9 Å². The van der Waals surface area contributed by atoms with Crippen molar-refractivity contribution in [3.8, 4) is 22.9 Å². The molecule has 0 spiro atoms. The molecule has 0 atom stereocenters. The van der Waals surface area contributed by atoms with Gasteiger partial charge >= 0.3 is 5.97 Å². The molecule has 0 fully saturated rings. The molecule has 0 aliphatic rings. The zero-order valence-corrected chi connectivity index (χ0v) is 20.8. The van der Waals surface area contributed by atoms with Crippen molar-refractivity contribution in [1.29, 1.82) is 0 Å². The Morgan fingerprint density at radius 1 is 1.17 bits per heavy atom. The zero-order valence-electron chi connectivity index (χ0n) is 18.4. The maximum atomic E-state index is 13.3. The summed E-state index contributed by atoms with van der Waals surface area (Å²) in [6.07, 6.45) is 1.45. The Morgan fingerprint density at radius 3 is 2.60 bits per heavy atom. The Morgan fingerprint density at radius 2 is 1.89 bits per heavy atom. The monoisotopic (exact) mass is 555 g/mol. The molecule has 0 radical (unpaired) electrons. The Hall–Kier alpha value is -3.69. The number of carboxylic acid groups (broad SMARTS) is 1. The number of carboxylic acids is 1. The van der Waals surface area contributed by atoms with Gasteiger partial charge in [-0.3, -0.25) is 4.79 Å². The van der Waals surface area contributed by atoms with E-state index in [-0.39, 0.29) is 22.1 Å². The van der Waals surface area contributed by atoms with E-state index in [4.69, 9.17) is 26.2 Å². The normalized spacial score (nSPS) is 11.2. The molecule has 8 nitrogen and oxygen atoms in total. The maximum Gasteiger partial charge on any atom is 0.341 e. The number of aliphatic carboxylic acids is 1. The third-order valence-electron chi connectivity index (χ3n) is 4.89. The van der Waals surface area contributed by atoms with Gasteiger partial charge in [0.2, 0.25) is 0 Å². The molecule has 0 bridgehead atoms. The van der Waals surface area contributed by atoms with E-state index in [9.17, 15) is 9.59 Å². The van der Waals surface area contributed by atoms with E-state index in [1.165, 1.54) is 10.9 Å². The van der Waals surface area contributed by atoms with Crippen LogP contribution in [0.5, 0.6) is 11.5 Å². The number of benzene rings is 3. The molecule has 178 valence electrons. The van der Waals surface area contributed by atoms with Crippen molar-refractivity contribution >= 4 is 50.6 Å². The number of aromatic nitrogens is 2. The predicted molar refractivity (Wildman–Crippen MR) is 138 cm³/mol. The summed E-state index contributed by atoms with van der Waals surface area (Å²) in [5.41, 5.74) is 1.43. The number of nitrogens with zero attached hydrogens (tertiary/aromatic N) is 3. The van der Waals surface area contributed by atoms with Gasteiger partial charge in [0, 0.05) is 15.6 Å². The van der Waals surface area contributed by atoms with Crippen molar-refractivity contribution in [3.63, 3.8) is 0 Å². The smallest absolute Gasteiger partial charge is 0.341 e. The van der Waals surface area contributed by atoms with Crippen LogP contribution in [0.25, 0.3) is 22.3 Å². The van der Waals surface area contributed by atoms with Crippen molar-refractivity contribution in [1.82, 2.24) is 9.66 Å². The van der Waals surface area contributed by atoms with Crippen LogP contribution in [0.1, 0.15) is 12.5 Å². The summed E-state index contributed by atoms with van der Waals surface area (Å²) in [4.78, 5) is 29.0. The maximum absolute atomic E-state index is 13.3. The standard InChI is InChI=1S/C25H19BrClN3O5/c1-2-34-19-12-16(21(26)22(27)23(19)35-14-20(31)32)13-28-30-24(15-8-4-3-5-9-15)29-18-11-7-6-10-17(18)25(30)33/h3-13H,2,14H2,1H3,(H,31,32). The van der Waals surface area contributed by atoms with Crippen LogP contribution < -0.4 is 15.0 Å². The molecule has 10 heteroatoms. The van der Waals surface area contributed by atoms with Crippen molar-refractivity contribution < 1.29 is 19.4 Å². The lowest BCUT2D eigenvalue weighted by Gasteiger charge is -2.15. The molecule has 35 heavy (non-hydrogen) atoms. The minimum absolute atomic E-state index is 0.0921. The van der Waals surface area contributed by atoms with Gasteiger partial charge < -0.3 is 14.6 Å². The number of hydrogen-bond donors (Lipinski definition) is 1. The van der Waals surface area contributed by atoms with Crippen LogP contribution in [0.3, 0.4) is 0 Å². The first-order valence-corrected chi connectivity index (χ1v) is 11.7. The summed E-state index contributed by atoms with van der Waals surface area (Å²) in [7, 11) is 0. The van der Waals surface area contributed by atoms with Gasteiger partial charge in [0.05, 0.1) is 23.7 Å². The van der Waals surface area contributed by atoms with E-state index < -0.39 is 12.6 Å². The number of ether oxygens (including phenoxy) is 2. The van der Waals surface area contributed by atoms with Crippen LogP contribution in [-0.4, -0.2) is 40.2 Å². The fourth-order valence-corrected chi connectivity index (χ4v) is 4.01. The van der Waals surface area contributed by atoms with Gasteiger partial charge in [-0.05, 0) is 41.1 Å². The van der Waals surface area contributed by atoms with E-state index in [0.717, 1.165) is 5.56 Å². The first-order chi connectivity index (χ1) is 16.9. The van der Waals surface area contributed by atoms with Crippen LogP contribution in [0.4, 0.5) is 0 Å². The SMILES string of the molecule is CCOc1cc(C=Nn2c(-c3ccccc3)nc3ccccc3c2=O)c(Br)c(Cl)c1OCC(=O)O. The Balaban J connectivity index is 1.86. The number of carbonyl (C=O) groups is 1. The fraction of sp³-hybridized carbons (Fsp3) is 0.120. The highest BCUT2D eigenvalue weighted by molar-refractivity contribution is 9.10. The lowest BCUT2D eigenvalue weighted by atomic mass is 10.2. The van der Waals surface area contributed by atoms with Crippen molar-refractivity contribution in [2.45, 2.75) is 6.92 Å². The molecule has 1 aromatic heterocycles. The van der Waals surface area contributed by atoms with Crippen LogP contribution in [0, 0.1) is 0 Å². The van der Waals surface area contributed by atoms with Crippen molar-refractivity contribution in [2.75, 3.05) is 13.2 Å². The highest BCUT2D eigenvalue weighted by Crippen LogP contribution is 2.42. The van der Waals surface area contributed by atoms with E-state index in [1.54, 1.807) is 31.2 Å². The van der Waals surface area contributed by atoms with Crippen LogP contribution >= 0.6 is 27.5 Å². The van der Waals surface area contributed by atoms with Crippen LogP contribution in [0.15, 0.2) is 75.0 Å². The summed E-state index contributed by atoms with van der Waals surface area (Å²) >= 11 is 9.86. The second-order valence-electron chi connectivity index (χ2n) is 7.22. The third-order valence-corrected chi connectivity index (χ3v) is 6.34. The topological polar surface area (TPSA) is 103 Å². The van der Waals surface area contributed by atoms with Gasteiger partial charge in [0.1, 0.15) is 5.02 Å². The Bertz CT molecular complexity index is 1490. The molecule has 0 aliphatic carbocycles. The lowest BCUT2D eigenvalue weighted by Crippen LogP contribution is -2.20. The molecule has 0 amide bonds. The molecule has 0 unspecified atom stereocenters. The van der Waals surface area contributed by atoms with E-state index in [2.05, 4.69) is 26.0 Å². The summed E-state index contributed by atoms with van der Waals surface area (Å²) < 4.78 is 12.6. The first-order valence-electron chi connectivity index (χ1n) is 10.5. The average Bonchev–Trinajstić information content (AvgIpc) is 2.86. The number of para-hydroxylation sites is 1. The summed E-state index contributed by atoms with van der Waals surface area (Å²) in [6, 6.07) is 17.9. The highest BCUT2D eigenvalue weighted by atomic mass is 79.9. The number of fused-ring (bicyclic) bond motifs is 1. The molecule has 3 aromatic carbocycles. The molecule has 1 N–H and O–H groups in total. The number of rotatable bonds is 8. The van der Waals surface area contributed by atoms with Gasteiger partial charge in [-0.15, -0.1) is 0 Å². The molecule has 1 heterocycles. The van der Waals surface area contributed by atoms with Crippen molar-refractivity contribution in [3.05, 3.63) is 86.1 Å². The van der Waals surface area contributed by atoms with Crippen LogP contribution in [0.2, 0.25) is 5.02 Å². The Kier molecular flexibility index (Phi) is 7.48. The van der Waals surface area contributed by atoms with Gasteiger partial charge in [-0.1, -0.05) is 54.1 Å². The molecule has 0 aliphatic heterocycles. The summed E-state index contributed by atoms with van der Waals surface area (Å²) in [5, 5.41) is 14.0. The first kappa shape index (κ1) is 24.4. The highest BCUT2D eigenvalue weighted by Gasteiger charge is 2.19. The third kappa shape index (κ3) is 5.21. The van der Waals surface area contributed by atoms with Crippen LogP contribution in [-0.2, 0) is 4.79 Å². The average molecular weight is 557 g/mol. The van der Waals surface area contributed by atoms with E-state index >= 15 is 0 Å². The van der Waals surface area contributed by atoms with E-state index in [1.807, 2.05) is 36.4 Å². The second kappa shape index (κ2) is 10.7. The predicted octanol–water partition coefficient (Wildman–Crippen LogP) is 5.22. The minimum atomic E-state index is -1.15. The largest absolute Gasteiger partial charge is 0.490 e. The minimum Gasteiger partial charge on any atom is -0.490 e. The molecule has 0 saturated carbocycles. The summed E-state index contributed by atoms with van der Waals surface area (Å²) in [5.74, 6) is -0.439. The number of hydrogen-bond acceptors (Lipinski definition) is 6. The second-order valence-corrected chi connectivity index (χ2v) is 8.39. The molecular weight excluding hydrogens is 538 g/mol. The molecule has 4 aromatic rings. The molecule has 4 rings (SSSR count). The molecular formula is C25H19BrClN3O5. The fourth-order valence-electron chi connectivity index (χ4n) is 3.35.